The van der Waals surface area contributed by atoms with Crippen LogP contribution in [-0.2, 0) is 31.9 Å². The maximum absolute atomic E-state index is 6.60. The minimum Gasteiger partial charge on any atom is -0.509 e. The first kappa shape index (κ1) is 52.9. The normalized spacial score (nSPS) is 13.5. The van der Waals surface area contributed by atoms with E-state index >= 15 is 0 Å². The van der Waals surface area contributed by atoms with Crippen molar-refractivity contribution in [1.82, 2.24) is 29.1 Å². The van der Waals surface area contributed by atoms with Crippen molar-refractivity contribution in [3.8, 4) is 34.6 Å². The van der Waals surface area contributed by atoms with Crippen LogP contribution in [0.4, 0.5) is 34.4 Å². The van der Waals surface area contributed by atoms with Crippen molar-refractivity contribution in [2.24, 2.45) is 0 Å². The van der Waals surface area contributed by atoms with E-state index in [0.717, 1.165) is 101 Å². The Morgan fingerprint density at radius 1 is 0.341 bits per heavy atom. The summed E-state index contributed by atoms with van der Waals surface area (Å²) in [5, 5.41) is 4.59. The number of ether oxygens (including phenoxy) is 2. The van der Waals surface area contributed by atoms with Crippen molar-refractivity contribution >= 4 is 78.0 Å². The minimum absolute atomic E-state index is 0. The number of pyridine rings is 4. The van der Waals surface area contributed by atoms with Crippen LogP contribution < -0.4 is 19.3 Å². The zero-order chi connectivity index (χ0) is 56.5. The van der Waals surface area contributed by atoms with Crippen LogP contribution in [0.2, 0.25) is 0 Å². The summed E-state index contributed by atoms with van der Waals surface area (Å²) in [7, 11) is 0. The molecule has 16 rings (SSSR count). The van der Waals surface area contributed by atoms with Crippen molar-refractivity contribution in [2.75, 3.05) is 9.80 Å². The summed E-state index contributed by atoms with van der Waals surface area (Å²) < 4.78 is 17.4. The number of anilines is 6. The third-order valence-electron chi connectivity index (χ3n) is 16.5. The zero-order valence-electron chi connectivity index (χ0n) is 47.0. The number of rotatable bonds is 8. The summed E-state index contributed by atoms with van der Waals surface area (Å²) in [5.74, 6) is 6.18. The number of benzene rings is 8. The third kappa shape index (κ3) is 9.00. The molecule has 0 fully saturated rings. The van der Waals surface area contributed by atoms with Crippen LogP contribution in [0, 0.1) is 12.1 Å². The van der Waals surface area contributed by atoms with Gasteiger partial charge in [-0.3, -0.25) is 9.47 Å². The van der Waals surface area contributed by atoms with Gasteiger partial charge in [-0.15, -0.1) is 35.2 Å². The molecule has 0 saturated heterocycles. The zero-order valence-corrected chi connectivity index (χ0v) is 49.2. The Balaban J connectivity index is 0.000000149. The van der Waals surface area contributed by atoms with E-state index in [0.29, 0.717) is 11.5 Å². The molecule has 412 valence electrons. The molecule has 11 heteroatoms. The summed E-state index contributed by atoms with van der Waals surface area (Å²) in [4.78, 5) is 23.2. The van der Waals surface area contributed by atoms with Crippen LogP contribution in [0.1, 0.15) is 49.9 Å². The standard InChI is InChI=1S/C37H28N4O.C37H26N4O.Pt/c2*1-37(2)29-12-4-6-14-32(29)41(36-16-8-10-22-39-36)34-24-26(18-20-30(34)37)42-25-17-19-28-27-11-3-5-13-31(27)40(33(28)23-25)35-15-7-9-21-38-35;/h3-24H,1-2H3;3-22H,1-2H3;/q;-2;+2. The van der Waals surface area contributed by atoms with Crippen molar-refractivity contribution < 1.29 is 30.5 Å². The van der Waals surface area contributed by atoms with E-state index in [1.165, 1.54) is 22.1 Å². The molecule has 0 aliphatic carbocycles. The van der Waals surface area contributed by atoms with Gasteiger partial charge in [0.15, 0.2) is 0 Å². The van der Waals surface area contributed by atoms with E-state index in [1.54, 1.807) is 0 Å². The fraction of sp³-hybridized carbons (Fsp3) is 0.0811. The van der Waals surface area contributed by atoms with Crippen LogP contribution in [0.15, 0.2) is 255 Å². The molecule has 0 radical (unpaired) electrons. The van der Waals surface area contributed by atoms with Gasteiger partial charge in [-0.1, -0.05) is 142 Å². The molecule has 0 N–H and O–H groups in total. The Bertz CT molecular complexity index is 4510. The maximum Gasteiger partial charge on any atom is 2.00 e. The van der Waals surface area contributed by atoms with E-state index in [1.807, 2.05) is 116 Å². The first-order chi connectivity index (χ1) is 41.2. The van der Waals surface area contributed by atoms with Gasteiger partial charge in [0.2, 0.25) is 0 Å². The summed E-state index contributed by atoms with van der Waals surface area (Å²) in [6.45, 7) is 9.08. The van der Waals surface area contributed by atoms with Crippen molar-refractivity contribution in [3.63, 3.8) is 0 Å². The van der Waals surface area contributed by atoms with E-state index in [2.05, 4.69) is 208 Å². The predicted molar refractivity (Wildman–Crippen MR) is 337 cm³/mol. The second-order valence-electron chi connectivity index (χ2n) is 22.1. The second kappa shape index (κ2) is 21.2. The molecule has 0 saturated carbocycles. The molecule has 8 aromatic carbocycles. The number of hydrogen-bond donors (Lipinski definition) is 0. The number of hydrogen-bond acceptors (Lipinski definition) is 8. The summed E-state index contributed by atoms with van der Waals surface area (Å²) >= 11 is 0. The van der Waals surface area contributed by atoms with Crippen LogP contribution in [0.5, 0.6) is 23.0 Å². The Morgan fingerprint density at radius 3 is 1.44 bits per heavy atom. The van der Waals surface area contributed by atoms with Gasteiger partial charge in [0.25, 0.3) is 0 Å². The average Bonchev–Trinajstić information content (AvgIpc) is 2.19. The molecule has 0 unspecified atom stereocenters. The fourth-order valence-corrected chi connectivity index (χ4v) is 12.5. The molecule has 0 atom stereocenters. The second-order valence-corrected chi connectivity index (χ2v) is 22.1. The molecule has 85 heavy (non-hydrogen) atoms. The van der Waals surface area contributed by atoms with Gasteiger partial charge in [0.05, 0.1) is 22.4 Å². The van der Waals surface area contributed by atoms with Crippen LogP contribution in [0.3, 0.4) is 0 Å². The molecular formula is C74H54N8O2Pt. The first-order valence-corrected chi connectivity index (χ1v) is 28.2. The van der Waals surface area contributed by atoms with Gasteiger partial charge >= 0.3 is 21.1 Å². The topological polar surface area (TPSA) is 86.4 Å². The van der Waals surface area contributed by atoms with E-state index in [4.69, 9.17) is 19.4 Å². The molecule has 2 aliphatic heterocycles. The number of nitrogens with zero attached hydrogens (tertiary/aromatic N) is 8. The molecule has 0 amide bonds. The Hall–Kier alpha value is -10.2. The van der Waals surface area contributed by atoms with Crippen LogP contribution in [0.25, 0.3) is 55.2 Å². The predicted octanol–water partition coefficient (Wildman–Crippen LogP) is 18.5. The quantitative estimate of drug-likeness (QED) is 0.139. The van der Waals surface area contributed by atoms with Gasteiger partial charge in [-0.25, -0.2) is 19.9 Å². The van der Waals surface area contributed by atoms with Crippen LogP contribution >= 0.6 is 0 Å². The summed E-state index contributed by atoms with van der Waals surface area (Å²) in [6, 6.07) is 85.9. The summed E-state index contributed by atoms with van der Waals surface area (Å²) in [5.41, 5.74) is 12.9. The Kier molecular flexibility index (Phi) is 13.2. The van der Waals surface area contributed by atoms with Crippen LogP contribution in [-0.4, -0.2) is 29.1 Å². The number of fused-ring (bicyclic) bond motifs is 10. The SMILES string of the molecule is CC1(C)c2ccc(Oc3[c-]c4c(cc3)c3ccccc3n4-c3ccccn3)[c-]c2N(c2ccccn2)c2ccccc21.CC1(C)c2ccccc2N(c2ccccn2)c2cc(Oc3ccc4c5ccccc5n(-c5ccccn5)c4c3)ccc21.[Pt+2]. The van der Waals surface area contributed by atoms with Crippen molar-refractivity contribution in [1.29, 1.82) is 0 Å². The molecule has 8 heterocycles. The fourth-order valence-electron chi connectivity index (χ4n) is 12.5. The minimum atomic E-state index is -0.221. The molecule has 0 spiro atoms. The molecule has 10 nitrogen and oxygen atoms in total. The Morgan fingerprint density at radius 2 is 0.788 bits per heavy atom. The van der Waals surface area contributed by atoms with Gasteiger partial charge in [0.1, 0.15) is 34.8 Å². The molecule has 2 aliphatic rings. The maximum atomic E-state index is 6.60. The third-order valence-corrected chi connectivity index (χ3v) is 16.5. The molecule has 0 bridgehead atoms. The average molecular weight is 1280 g/mol. The number of para-hydroxylation sites is 4. The molecule has 14 aromatic rings. The largest absolute Gasteiger partial charge is 2.00 e. The van der Waals surface area contributed by atoms with E-state index in [-0.39, 0.29) is 31.9 Å². The number of aromatic nitrogens is 6. The summed E-state index contributed by atoms with van der Waals surface area (Å²) in [6.07, 6.45) is 7.30. The smallest absolute Gasteiger partial charge is 0.509 e. The molecule has 6 aromatic heterocycles. The van der Waals surface area contributed by atoms with Crippen molar-refractivity contribution in [3.05, 3.63) is 290 Å². The van der Waals surface area contributed by atoms with E-state index < -0.39 is 0 Å². The first-order valence-electron chi connectivity index (χ1n) is 28.2. The Labute approximate surface area is 507 Å². The van der Waals surface area contributed by atoms with E-state index in [9.17, 15) is 0 Å². The molecular weight excluding hydrogens is 1230 g/mol. The van der Waals surface area contributed by atoms with Crippen molar-refractivity contribution in [2.45, 2.75) is 38.5 Å². The van der Waals surface area contributed by atoms with Gasteiger partial charge in [-0.2, -0.15) is 12.1 Å². The van der Waals surface area contributed by atoms with Gasteiger partial charge in [-0.05, 0) is 118 Å². The van der Waals surface area contributed by atoms with Gasteiger partial charge in [0, 0.05) is 75.8 Å². The van der Waals surface area contributed by atoms with Gasteiger partial charge < -0.3 is 18.9 Å². The monoisotopic (exact) mass is 1280 g/mol.